The Kier molecular flexibility index (Phi) is 8.00. The molecule has 0 bridgehead atoms. The number of carbonyl (C=O) groups is 1. The van der Waals surface area contributed by atoms with Crippen LogP contribution >= 0.6 is 11.6 Å². The molecule has 1 unspecified atom stereocenters. The SMILES string of the molecule is CCOc1ccc(C(C)NC(=O)CN(c2ccccc2Cl)S(=O)(=O)c2ccc(C)cc2)cc1. The monoisotopic (exact) mass is 486 g/mol. The smallest absolute Gasteiger partial charge is 0.264 e. The number of nitrogens with one attached hydrogen (secondary N) is 1. The van der Waals surface area contributed by atoms with E-state index in [0.717, 1.165) is 21.2 Å². The van der Waals surface area contributed by atoms with Gasteiger partial charge in [-0.25, -0.2) is 8.42 Å². The van der Waals surface area contributed by atoms with Crippen LogP contribution in [0.4, 0.5) is 5.69 Å². The van der Waals surface area contributed by atoms with E-state index >= 15 is 0 Å². The topological polar surface area (TPSA) is 75.7 Å². The highest BCUT2D eigenvalue weighted by Gasteiger charge is 2.29. The maximum Gasteiger partial charge on any atom is 0.264 e. The lowest BCUT2D eigenvalue weighted by molar-refractivity contribution is -0.120. The molecular weight excluding hydrogens is 460 g/mol. The minimum absolute atomic E-state index is 0.0837. The van der Waals surface area contributed by atoms with Crippen LogP contribution in [0.2, 0.25) is 5.02 Å². The zero-order chi connectivity index (χ0) is 24.0. The third kappa shape index (κ3) is 6.06. The summed E-state index contributed by atoms with van der Waals surface area (Å²) >= 11 is 6.31. The van der Waals surface area contributed by atoms with Crippen LogP contribution in [-0.4, -0.2) is 27.5 Å². The molecule has 3 rings (SSSR count). The van der Waals surface area contributed by atoms with Gasteiger partial charge in [0.25, 0.3) is 10.0 Å². The predicted molar refractivity (Wildman–Crippen MR) is 131 cm³/mol. The van der Waals surface area contributed by atoms with Crippen LogP contribution in [0.1, 0.15) is 31.0 Å². The predicted octanol–water partition coefficient (Wildman–Crippen LogP) is 5.12. The molecule has 0 saturated heterocycles. The van der Waals surface area contributed by atoms with Gasteiger partial charge >= 0.3 is 0 Å². The van der Waals surface area contributed by atoms with Gasteiger partial charge in [0.1, 0.15) is 12.3 Å². The number of hydrogen-bond donors (Lipinski definition) is 1. The summed E-state index contributed by atoms with van der Waals surface area (Å²) in [6, 6.07) is 20.1. The average molecular weight is 487 g/mol. The number of amides is 1. The van der Waals surface area contributed by atoms with Crippen molar-refractivity contribution in [2.45, 2.75) is 31.7 Å². The highest BCUT2D eigenvalue weighted by Crippen LogP contribution is 2.30. The molecule has 3 aromatic rings. The minimum Gasteiger partial charge on any atom is -0.494 e. The van der Waals surface area contributed by atoms with Crippen molar-refractivity contribution in [2.75, 3.05) is 17.5 Å². The molecule has 1 amide bonds. The fourth-order valence-electron chi connectivity index (χ4n) is 3.31. The van der Waals surface area contributed by atoms with E-state index in [2.05, 4.69) is 5.32 Å². The first-order valence-electron chi connectivity index (χ1n) is 10.6. The Morgan fingerprint density at radius 2 is 1.67 bits per heavy atom. The van der Waals surface area contributed by atoms with E-state index in [4.69, 9.17) is 16.3 Å². The average Bonchev–Trinajstić information content (AvgIpc) is 2.79. The Balaban J connectivity index is 1.85. The van der Waals surface area contributed by atoms with Gasteiger partial charge in [0.2, 0.25) is 5.91 Å². The molecule has 0 aliphatic carbocycles. The molecule has 0 aromatic heterocycles. The van der Waals surface area contributed by atoms with Gasteiger partial charge in [0.15, 0.2) is 0 Å². The molecule has 3 aromatic carbocycles. The lowest BCUT2D eigenvalue weighted by Gasteiger charge is -2.26. The number of halogens is 1. The third-order valence-electron chi connectivity index (χ3n) is 5.09. The minimum atomic E-state index is -4.03. The van der Waals surface area contributed by atoms with E-state index in [-0.39, 0.29) is 21.6 Å². The first-order chi connectivity index (χ1) is 15.7. The Morgan fingerprint density at radius 1 is 1.03 bits per heavy atom. The van der Waals surface area contributed by atoms with E-state index in [1.54, 1.807) is 36.4 Å². The number of carbonyl (C=O) groups excluding carboxylic acids is 1. The van der Waals surface area contributed by atoms with Crippen LogP contribution < -0.4 is 14.4 Å². The Morgan fingerprint density at radius 3 is 2.27 bits per heavy atom. The second kappa shape index (κ2) is 10.7. The normalized spacial score (nSPS) is 12.1. The molecule has 0 spiro atoms. The molecule has 0 heterocycles. The molecule has 174 valence electrons. The zero-order valence-corrected chi connectivity index (χ0v) is 20.4. The van der Waals surface area contributed by atoms with Crippen molar-refractivity contribution in [3.05, 3.63) is 88.9 Å². The molecule has 0 saturated carbocycles. The number of benzene rings is 3. The number of nitrogens with zero attached hydrogens (tertiary/aromatic N) is 1. The molecule has 0 radical (unpaired) electrons. The van der Waals surface area contributed by atoms with E-state index < -0.39 is 22.5 Å². The van der Waals surface area contributed by atoms with Crippen molar-refractivity contribution in [1.82, 2.24) is 5.32 Å². The van der Waals surface area contributed by atoms with Gasteiger partial charge in [-0.15, -0.1) is 0 Å². The first kappa shape index (κ1) is 24.6. The van der Waals surface area contributed by atoms with Crippen LogP contribution in [0.25, 0.3) is 0 Å². The second-order valence-electron chi connectivity index (χ2n) is 7.57. The number of anilines is 1. The zero-order valence-electron chi connectivity index (χ0n) is 18.8. The molecule has 1 atom stereocenters. The van der Waals surface area contributed by atoms with E-state index in [1.807, 2.05) is 45.0 Å². The summed E-state index contributed by atoms with van der Waals surface area (Å²) in [6.45, 7) is 5.77. The first-order valence-corrected chi connectivity index (χ1v) is 12.4. The fourth-order valence-corrected chi connectivity index (χ4v) is 5.04. The van der Waals surface area contributed by atoms with E-state index in [9.17, 15) is 13.2 Å². The molecule has 0 aliphatic rings. The Hall–Kier alpha value is -3.03. The standard InChI is InChI=1S/C25H27ClN2O4S/c1-4-32-21-13-11-20(12-14-21)19(3)27-25(29)17-28(24-8-6-5-7-23(24)26)33(30,31)22-15-9-18(2)10-16-22/h5-16,19H,4,17H2,1-3H3,(H,27,29). The van der Waals surface area contributed by atoms with Gasteiger partial charge in [-0.2, -0.15) is 0 Å². The number of para-hydroxylation sites is 1. The van der Waals surface area contributed by atoms with Crippen molar-refractivity contribution in [1.29, 1.82) is 0 Å². The molecule has 0 aliphatic heterocycles. The lowest BCUT2D eigenvalue weighted by Crippen LogP contribution is -2.41. The third-order valence-corrected chi connectivity index (χ3v) is 7.18. The molecule has 8 heteroatoms. The molecular formula is C25H27ClN2O4S. The summed E-state index contributed by atoms with van der Waals surface area (Å²) < 4.78 is 33.4. The summed E-state index contributed by atoms with van der Waals surface area (Å²) in [5.74, 6) is 0.292. The largest absolute Gasteiger partial charge is 0.494 e. The highest BCUT2D eigenvalue weighted by atomic mass is 35.5. The van der Waals surface area contributed by atoms with Crippen LogP contribution in [-0.2, 0) is 14.8 Å². The van der Waals surface area contributed by atoms with E-state index in [1.165, 1.54) is 12.1 Å². The van der Waals surface area contributed by atoms with Gasteiger partial charge in [0.05, 0.1) is 28.3 Å². The lowest BCUT2D eigenvalue weighted by atomic mass is 10.1. The van der Waals surface area contributed by atoms with Crippen molar-refractivity contribution in [2.24, 2.45) is 0 Å². The van der Waals surface area contributed by atoms with Gasteiger partial charge in [0, 0.05) is 0 Å². The number of aryl methyl sites for hydroxylation is 1. The maximum atomic E-state index is 13.5. The van der Waals surface area contributed by atoms with Crippen molar-refractivity contribution < 1.29 is 17.9 Å². The Bertz CT molecular complexity index is 1200. The summed E-state index contributed by atoms with van der Waals surface area (Å²) in [4.78, 5) is 13.0. The summed E-state index contributed by atoms with van der Waals surface area (Å²) in [5, 5.41) is 3.11. The molecule has 1 N–H and O–H groups in total. The number of hydrogen-bond acceptors (Lipinski definition) is 4. The number of rotatable bonds is 9. The van der Waals surface area contributed by atoms with Gasteiger partial charge in [-0.1, -0.05) is 53.6 Å². The van der Waals surface area contributed by atoms with Gasteiger partial charge in [-0.3, -0.25) is 9.10 Å². The Labute approximate surface area is 200 Å². The van der Waals surface area contributed by atoms with Crippen molar-refractivity contribution >= 4 is 33.2 Å². The number of sulfonamides is 1. The second-order valence-corrected chi connectivity index (χ2v) is 9.84. The van der Waals surface area contributed by atoms with Gasteiger partial charge < -0.3 is 10.1 Å². The summed E-state index contributed by atoms with van der Waals surface area (Å²) in [6.07, 6.45) is 0. The summed E-state index contributed by atoms with van der Waals surface area (Å²) in [5.41, 5.74) is 2.04. The van der Waals surface area contributed by atoms with Crippen LogP contribution in [0, 0.1) is 6.92 Å². The van der Waals surface area contributed by atoms with Crippen molar-refractivity contribution in [3.8, 4) is 5.75 Å². The number of ether oxygens (including phenoxy) is 1. The quantitative estimate of drug-likeness (QED) is 0.455. The molecule has 33 heavy (non-hydrogen) atoms. The molecule has 0 fully saturated rings. The van der Waals surface area contributed by atoms with Gasteiger partial charge in [-0.05, 0) is 62.7 Å². The fraction of sp³-hybridized carbons (Fsp3) is 0.240. The highest BCUT2D eigenvalue weighted by molar-refractivity contribution is 7.92. The maximum absolute atomic E-state index is 13.5. The summed E-state index contributed by atoms with van der Waals surface area (Å²) in [7, 11) is -4.03. The van der Waals surface area contributed by atoms with Crippen LogP contribution in [0.15, 0.2) is 77.7 Å². The van der Waals surface area contributed by atoms with Crippen LogP contribution in [0.3, 0.4) is 0 Å². The van der Waals surface area contributed by atoms with Crippen molar-refractivity contribution in [3.63, 3.8) is 0 Å². The van der Waals surface area contributed by atoms with Crippen LogP contribution in [0.5, 0.6) is 5.75 Å². The van der Waals surface area contributed by atoms with E-state index in [0.29, 0.717) is 6.61 Å². The molecule has 6 nitrogen and oxygen atoms in total.